The van der Waals surface area contributed by atoms with Crippen molar-refractivity contribution in [2.24, 2.45) is 0 Å². The van der Waals surface area contributed by atoms with E-state index in [4.69, 9.17) is 4.74 Å². The first-order valence-corrected chi connectivity index (χ1v) is 10.9. The molecule has 0 aliphatic carbocycles. The highest BCUT2D eigenvalue weighted by atomic mass is 32.2. The lowest BCUT2D eigenvalue weighted by atomic mass is 10.0. The number of amides is 1. The normalized spacial score (nSPS) is 13.7. The molecular weight excluding hydrogens is 362 g/mol. The van der Waals surface area contributed by atoms with E-state index >= 15 is 0 Å². The Morgan fingerprint density at radius 3 is 2.30 bits per heavy atom. The third-order valence-electron chi connectivity index (χ3n) is 4.66. The lowest BCUT2D eigenvalue weighted by Crippen LogP contribution is -2.38. The highest BCUT2D eigenvalue weighted by Crippen LogP contribution is 2.23. The summed E-state index contributed by atoms with van der Waals surface area (Å²) in [6, 6.07) is 12.2. The van der Waals surface area contributed by atoms with Gasteiger partial charge in [-0.15, -0.1) is 0 Å². The van der Waals surface area contributed by atoms with E-state index in [0.717, 1.165) is 16.7 Å². The Bertz CT molecular complexity index is 904. The van der Waals surface area contributed by atoms with E-state index in [9.17, 15) is 13.2 Å². The van der Waals surface area contributed by atoms with Crippen molar-refractivity contribution in [3.63, 3.8) is 0 Å². The first-order chi connectivity index (χ1) is 12.6. The summed E-state index contributed by atoms with van der Waals surface area (Å²) in [5.74, 6) is 0.484. The van der Waals surface area contributed by atoms with E-state index in [1.165, 1.54) is 6.26 Å². The van der Waals surface area contributed by atoms with Crippen LogP contribution in [-0.4, -0.2) is 26.7 Å². The number of ether oxygens (including phenoxy) is 1. The molecule has 2 aromatic rings. The number of hydrogen-bond acceptors (Lipinski definition) is 4. The number of nitrogens with one attached hydrogen (secondary N) is 1. The Kier molecular flexibility index (Phi) is 6.65. The van der Waals surface area contributed by atoms with Crippen LogP contribution in [-0.2, 0) is 14.6 Å². The van der Waals surface area contributed by atoms with Crippen molar-refractivity contribution in [1.29, 1.82) is 0 Å². The quantitative estimate of drug-likeness (QED) is 0.783. The summed E-state index contributed by atoms with van der Waals surface area (Å²) in [5.41, 5.74) is 2.98. The molecule has 2 atom stereocenters. The number of aryl methyl sites for hydroxylation is 1. The summed E-state index contributed by atoms with van der Waals surface area (Å²) in [6.45, 7) is 7.65. The van der Waals surface area contributed by atoms with Gasteiger partial charge in [0.05, 0.1) is 10.9 Å². The Hall–Kier alpha value is -2.34. The summed E-state index contributed by atoms with van der Waals surface area (Å²) < 4.78 is 29.0. The maximum atomic E-state index is 12.6. The standard InChI is InChI=1S/C21H27NO4S/c1-6-19(17-10-12-18(13-11-17)27(5,24)25)22-21(23)16(4)26-20-9-7-8-14(2)15(20)3/h7-13,16,19H,6H2,1-5H3,(H,22,23)/t16-,19-/m0/s1. The predicted molar refractivity (Wildman–Crippen MR) is 107 cm³/mol. The van der Waals surface area contributed by atoms with E-state index < -0.39 is 15.9 Å². The summed E-state index contributed by atoms with van der Waals surface area (Å²) in [6.07, 6.45) is 1.21. The van der Waals surface area contributed by atoms with Crippen molar-refractivity contribution >= 4 is 15.7 Å². The first kappa shape index (κ1) is 21.0. The minimum absolute atomic E-state index is 0.212. The molecule has 0 unspecified atom stereocenters. The average Bonchev–Trinajstić information content (AvgIpc) is 2.62. The van der Waals surface area contributed by atoms with Crippen LogP contribution in [0.15, 0.2) is 47.4 Å². The fraction of sp³-hybridized carbons (Fsp3) is 0.381. The molecule has 2 rings (SSSR count). The van der Waals surface area contributed by atoms with Gasteiger partial charge < -0.3 is 10.1 Å². The molecule has 0 radical (unpaired) electrons. The van der Waals surface area contributed by atoms with Gasteiger partial charge in [0.1, 0.15) is 5.75 Å². The second-order valence-electron chi connectivity index (χ2n) is 6.77. The van der Waals surface area contributed by atoms with Crippen LogP contribution in [0, 0.1) is 13.8 Å². The maximum absolute atomic E-state index is 12.6. The van der Waals surface area contributed by atoms with Gasteiger partial charge in [-0.25, -0.2) is 8.42 Å². The fourth-order valence-electron chi connectivity index (χ4n) is 2.75. The molecule has 146 valence electrons. The van der Waals surface area contributed by atoms with Gasteiger partial charge >= 0.3 is 0 Å². The van der Waals surface area contributed by atoms with E-state index in [2.05, 4.69) is 5.32 Å². The molecule has 1 amide bonds. The van der Waals surface area contributed by atoms with E-state index in [-0.39, 0.29) is 16.8 Å². The highest BCUT2D eigenvalue weighted by molar-refractivity contribution is 7.90. The largest absolute Gasteiger partial charge is 0.481 e. The smallest absolute Gasteiger partial charge is 0.261 e. The van der Waals surface area contributed by atoms with Crippen molar-refractivity contribution in [3.05, 3.63) is 59.2 Å². The zero-order chi connectivity index (χ0) is 20.2. The Morgan fingerprint density at radius 2 is 1.74 bits per heavy atom. The molecule has 0 fully saturated rings. The topological polar surface area (TPSA) is 72.5 Å². The number of hydrogen-bond donors (Lipinski definition) is 1. The van der Waals surface area contributed by atoms with Crippen LogP contribution < -0.4 is 10.1 Å². The van der Waals surface area contributed by atoms with Gasteiger partial charge in [-0.2, -0.15) is 0 Å². The third kappa shape index (κ3) is 5.32. The number of carbonyl (C=O) groups is 1. The van der Waals surface area contributed by atoms with Crippen LogP contribution in [0.2, 0.25) is 0 Å². The van der Waals surface area contributed by atoms with Gasteiger partial charge in [0, 0.05) is 6.26 Å². The SMILES string of the molecule is CC[C@H](NC(=O)[C@H](C)Oc1cccc(C)c1C)c1ccc(S(C)(=O)=O)cc1. The predicted octanol–water partition coefficient (Wildman–Crippen LogP) is 3.74. The van der Waals surface area contributed by atoms with E-state index in [0.29, 0.717) is 12.2 Å². The van der Waals surface area contributed by atoms with Gasteiger partial charge in [-0.3, -0.25) is 4.79 Å². The fourth-order valence-corrected chi connectivity index (χ4v) is 3.38. The second-order valence-corrected chi connectivity index (χ2v) is 8.78. The lowest BCUT2D eigenvalue weighted by molar-refractivity contribution is -0.128. The number of benzene rings is 2. The van der Waals surface area contributed by atoms with Gasteiger partial charge in [0.15, 0.2) is 15.9 Å². The van der Waals surface area contributed by atoms with Crippen LogP contribution in [0.1, 0.15) is 43.0 Å². The average molecular weight is 390 g/mol. The number of sulfone groups is 1. The molecule has 5 nitrogen and oxygen atoms in total. The van der Waals surface area contributed by atoms with Gasteiger partial charge in [-0.1, -0.05) is 31.2 Å². The molecule has 0 aromatic heterocycles. The van der Waals surface area contributed by atoms with Crippen LogP contribution in [0.4, 0.5) is 0 Å². The Morgan fingerprint density at radius 1 is 1.11 bits per heavy atom. The van der Waals surface area contributed by atoms with Crippen LogP contribution in [0.25, 0.3) is 0 Å². The van der Waals surface area contributed by atoms with Crippen molar-refractivity contribution in [3.8, 4) is 5.75 Å². The summed E-state index contributed by atoms with van der Waals surface area (Å²) in [7, 11) is -3.24. The number of carbonyl (C=O) groups excluding carboxylic acids is 1. The molecule has 0 aliphatic rings. The highest BCUT2D eigenvalue weighted by Gasteiger charge is 2.20. The molecular formula is C21H27NO4S. The zero-order valence-electron chi connectivity index (χ0n) is 16.4. The minimum Gasteiger partial charge on any atom is -0.481 e. The van der Waals surface area contributed by atoms with Crippen LogP contribution in [0.5, 0.6) is 5.75 Å². The number of rotatable bonds is 7. The van der Waals surface area contributed by atoms with Crippen molar-refractivity contribution in [2.75, 3.05) is 6.26 Å². The Labute approximate surface area is 161 Å². The molecule has 1 N–H and O–H groups in total. The van der Waals surface area contributed by atoms with Gasteiger partial charge in [0.2, 0.25) is 0 Å². The van der Waals surface area contributed by atoms with Gasteiger partial charge in [-0.05, 0) is 62.1 Å². The Balaban J connectivity index is 2.08. The molecule has 0 saturated heterocycles. The molecule has 6 heteroatoms. The summed E-state index contributed by atoms with van der Waals surface area (Å²) in [4.78, 5) is 12.8. The lowest BCUT2D eigenvalue weighted by Gasteiger charge is -2.22. The molecule has 2 aromatic carbocycles. The summed E-state index contributed by atoms with van der Waals surface area (Å²) >= 11 is 0. The zero-order valence-corrected chi connectivity index (χ0v) is 17.3. The molecule has 0 spiro atoms. The minimum atomic E-state index is -3.24. The van der Waals surface area contributed by atoms with Crippen LogP contribution in [0.3, 0.4) is 0 Å². The molecule has 0 saturated carbocycles. The summed E-state index contributed by atoms with van der Waals surface area (Å²) in [5, 5.41) is 2.98. The van der Waals surface area contributed by atoms with Crippen molar-refractivity contribution in [2.45, 2.75) is 51.2 Å². The molecule has 0 aliphatic heterocycles. The van der Waals surface area contributed by atoms with Gasteiger partial charge in [0.25, 0.3) is 5.91 Å². The third-order valence-corrected chi connectivity index (χ3v) is 5.79. The van der Waals surface area contributed by atoms with E-state index in [1.54, 1.807) is 31.2 Å². The molecule has 0 heterocycles. The monoisotopic (exact) mass is 389 g/mol. The second kappa shape index (κ2) is 8.57. The maximum Gasteiger partial charge on any atom is 0.261 e. The van der Waals surface area contributed by atoms with Crippen molar-refractivity contribution in [1.82, 2.24) is 5.32 Å². The van der Waals surface area contributed by atoms with Crippen molar-refractivity contribution < 1.29 is 17.9 Å². The first-order valence-electron chi connectivity index (χ1n) is 8.96. The van der Waals surface area contributed by atoms with E-state index in [1.807, 2.05) is 39.0 Å². The van der Waals surface area contributed by atoms with Crippen LogP contribution >= 0.6 is 0 Å². The molecule has 0 bridgehead atoms. The molecule has 27 heavy (non-hydrogen) atoms.